The van der Waals surface area contributed by atoms with Gasteiger partial charge in [-0.1, -0.05) is 51.1 Å². The summed E-state index contributed by atoms with van der Waals surface area (Å²) < 4.78 is 0. The fraction of sp³-hybridized carbons (Fsp3) is 0.632. The molecule has 1 fully saturated rings. The van der Waals surface area contributed by atoms with Gasteiger partial charge >= 0.3 is 0 Å². The minimum atomic E-state index is -0.292. The van der Waals surface area contributed by atoms with Crippen molar-refractivity contribution in [2.75, 3.05) is 13.1 Å². The van der Waals surface area contributed by atoms with Crippen LogP contribution in [0, 0.1) is 11.3 Å². The molecule has 1 heterocycles. The van der Waals surface area contributed by atoms with Crippen molar-refractivity contribution in [3.63, 3.8) is 0 Å². The molecule has 1 aromatic carbocycles. The van der Waals surface area contributed by atoms with E-state index in [1.54, 1.807) is 0 Å². The lowest BCUT2D eigenvalue weighted by atomic mass is 9.84. The van der Waals surface area contributed by atoms with Crippen LogP contribution in [-0.2, 0) is 11.2 Å². The van der Waals surface area contributed by atoms with E-state index in [1.165, 1.54) is 5.56 Å². The third-order valence-corrected chi connectivity index (χ3v) is 4.83. The van der Waals surface area contributed by atoms with Gasteiger partial charge in [0.05, 0.1) is 0 Å². The van der Waals surface area contributed by atoms with E-state index in [-0.39, 0.29) is 23.7 Å². The summed E-state index contributed by atoms with van der Waals surface area (Å²) >= 11 is 0. The number of nitrogens with one attached hydrogen (secondary N) is 2. The average Bonchev–Trinajstić information content (AvgIpc) is 2.50. The van der Waals surface area contributed by atoms with Gasteiger partial charge < -0.3 is 10.6 Å². The fourth-order valence-corrected chi connectivity index (χ4v) is 3.08. The summed E-state index contributed by atoms with van der Waals surface area (Å²) in [6.45, 7) is 8.35. The largest absolute Gasteiger partial charge is 0.353 e. The first kappa shape index (κ1) is 20.0. The molecule has 1 saturated heterocycles. The van der Waals surface area contributed by atoms with Crippen molar-refractivity contribution in [1.29, 1.82) is 0 Å². The lowest BCUT2D eigenvalue weighted by molar-refractivity contribution is -0.131. The Morgan fingerprint density at radius 1 is 1.30 bits per heavy atom. The summed E-state index contributed by atoms with van der Waals surface area (Å²) in [5.74, 6) is 0.720. The predicted molar refractivity (Wildman–Crippen MR) is 99.0 cm³/mol. The molecule has 2 unspecified atom stereocenters. The number of carbonyl (C=O) groups is 1. The molecule has 0 bridgehead atoms. The number of hydrogen-bond donors (Lipinski definition) is 2. The molecule has 1 aromatic rings. The van der Waals surface area contributed by atoms with Crippen molar-refractivity contribution in [3.05, 3.63) is 35.9 Å². The maximum absolute atomic E-state index is 12.6. The Balaban J connectivity index is 0.00000264. The average molecular weight is 339 g/mol. The highest BCUT2D eigenvalue weighted by molar-refractivity contribution is 5.85. The van der Waals surface area contributed by atoms with E-state index in [2.05, 4.69) is 55.7 Å². The van der Waals surface area contributed by atoms with Crippen LogP contribution in [0.4, 0.5) is 0 Å². The summed E-state index contributed by atoms with van der Waals surface area (Å²) in [6, 6.07) is 10.8. The van der Waals surface area contributed by atoms with Gasteiger partial charge in [-0.3, -0.25) is 4.79 Å². The molecule has 0 spiro atoms. The highest BCUT2D eigenvalue weighted by Crippen LogP contribution is 2.25. The first-order chi connectivity index (χ1) is 10.5. The standard InChI is InChI=1S/C19H30N2O.ClH/c1-15-14-20-13-11-17(15)21-18(22)19(2,3)12-7-10-16-8-5-4-6-9-16;/h4-6,8-9,15,17,20H,7,10-14H2,1-3H3,(H,21,22);1H. The summed E-state index contributed by atoms with van der Waals surface area (Å²) in [5, 5.41) is 6.66. The van der Waals surface area contributed by atoms with Crippen molar-refractivity contribution in [3.8, 4) is 0 Å². The number of carbonyl (C=O) groups excluding carboxylic acids is 1. The molecule has 3 nitrogen and oxygen atoms in total. The van der Waals surface area contributed by atoms with Gasteiger partial charge in [-0.05, 0) is 50.3 Å². The SMILES string of the molecule is CC1CNCCC1NC(=O)C(C)(C)CCCc1ccccc1.Cl. The molecule has 130 valence electrons. The van der Waals surface area contributed by atoms with Crippen molar-refractivity contribution in [2.45, 2.75) is 52.5 Å². The van der Waals surface area contributed by atoms with Crippen molar-refractivity contribution in [1.82, 2.24) is 10.6 Å². The third kappa shape index (κ3) is 6.15. The van der Waals surface area contributed by atoms with E-state index in [4.69, 9.17) is 0 Å². The van der Waals surface area contributed by atoms with Gasteiger partial charge in [-0.15, -0.1) is 12.4 Å². The molecule has 1 aliphatic heterocycles. The number of rotatable bonds is 6. The molecular weight excluding hydrogens is 308 g/mol. The number of hydrogen-bond acceptors (Lipinski definition) is 2. The first-order valence-electron chi connectivity index (χ1n) is 8.54. The normalized spacial score (nSPS) is 21.3. The zero-order chi connectivity index (χ0) is 16.0. The second-order valence-electron chi connectivity index (χ2n) is 7.27. The highest BCUT2D eigenvalue weighted by Gasteiger charge is 2.31. The van der Waals surface area contributed by atoms with E-state index in [0.29, 0.717) is 12.0 Å². The summed E-state index contributed by atoms with van der Waals surface area (Å²) in [6.07, 6.45) is 4.05. The van der Waals surface area contributed by atoms with E-state index in [1.807, 2.05) is 6.07 Å². The van der Waals surface area contributed by atoms with E-state index < -0.39 is 0 Å². The molecule has 0 saturated carbocycles. The van der Waals surface area contributed by atoms with Crippen LogP contribution >= 0.6 is 12.4 Å². The number of halogens is 1. The van der Waals surface area contributed by atoms with Crippen molar-refractivity contribution >= 4 is 18.3 Å². The Kier molecular flexibility index (Phi) is 8.07. The predicted octanol–water partition coefficient (Wildman–Crippen LogP) is 3.57. The van der Waals surface area contributed by atoms with E-state index in [9.17, 15) is 4.79 Å². The Morgan fingerprint density at radius 3 is 2.65 bits per heavy atom. The molecule has 0 aromatic heterocycles. The maximum Gasteiger partial charge on any atom is 0.225 e. The molecule has 1 aliphatic rings. The molecule has 1 amide bonds. The van der Waals surface area contributed by atoms with Crippen LogP contribution in [0.15, 0.2) is 30.3 Å². The van der Waals surface area contributed by atoms with Gasteiger partial charge in [0.1, 0.15) is 0 Å². The number of piperidine rings is 1. The number of amides is 1. The second-order valence-corrected chi connectivity index (χ2v) is 7.27. The smallest absolute Gasteiger partial charge is 0.225 e. The van der Waals surface area contributed by atoms with Crippen LogP contribution in [0.1, 0.15) is 45.6 Å². The van der Waals surface area contributed by atoms with Crippen LogP contribution in [0.2, 0.25) is 0 Å². The molecule has 2 atom stereocenters. The van der Waals surface area contributed by atoms with Gasteiger partial charge in [0.25, 0.3) is 0 Å². The lowest BCUT2D eigenvalue weighted by Crippen LogP contribution is -2.51. The number of benzene rings is 1. The molecule has 2 rings (SSSR count). The van der Waals surface area contributed by atoms with E-state index >= 15 is 0 Å². The molecular formula is C19H31ClN2O. The Bertz CT molecular complexity index is 476. The fourth-order valence-electron chi connectivity index (χ4n) is 3.08. The third-order valence-electron chi connectivity index (χ3n) is 4.83. The summed E-state index contributed by atoms with van der Waals surface area (Å²) in [5.41, 5.74) is 1.06. The highest BCUT2D eigenvalue weighted by atomic mass is 35.5. The monoisotopic (exact) mass is 338 g/mol. The van der Waals surface area contributed by atoms with Crippen LogP contribution in [0.5, 0.6) is 0 Å². The molecule has 0 radical (unpaired) electrons. The Labute approximate surface area is 147 Å². The summed E-state index contributed by atoms with van der Waals surface area (Å²) in [4.78, 5) is 12.6. The molecule has 4 heteroatoms. The maximum atomic E-state index is 12.6. The van der Waals surface area contributed by atoms with Crippen molar-refractivity contribution < 1.29 is 4.79 Å². The second kappa shape index (κ2) is 9.29. The Morgan fingerprint density at radius 2 is 2.00 bits per heavy atom. The van der Waals surface area contributed by atoms with Crippen LogP contribution < -0.4 is 10.6 Å². The zero-order valence-electron chi connectivity index (χ0n) is 14.6. The topological polar surface area (TPSA) is 41.1 Å². The van der Waals surface area contributed by atoms with Gasteiger partial charge in [-0.2, -0.15) is 0 Å². The van der Waals surface area contributed by atoms with Gasteiger partial charge in [0, 0.05) is 11.5 Å². The molecule has 2 N–H and O–H groups in total. The lowest BCUT2D eigenvalue weighted by Gasteiger charge is -2.33. The minimum absolute atomic E-state index is 0. The Hall–Kier alpha value is -1.06. The summed E-state index contributed by atoms with van der Waals surface area (Å²) in [7, 11) is 0. The van der Waals surface area contributed by atoms with Crippen LogP contribution in [0.25, 0.3) is 0 Å². The first-order valence-corrected chi connectivity index (χ1v) is 8.54. The van der Waals surface area contributed by atoms with Crippen molar-refractivity contribution in [2.24, 2.45) is 11.3 Å². The minimum Gasteiger partial charge on any atom is -0.353 e. The van der Waals surface area contributed by atoms with E-state index in [0.717, 1.165) is 38.8 Å². The van der Waals surface area contributed by atoms with Gasteiger partial charge in [0.15, 0.2) is 0 Å². The van der Waals surface area contributed by atoms with Crippen LogP contribution in [0.3, 0.4) is 0 Å². The quantitative estimate of drug-likeness (QED) is 0.832. The zero-order valence-corrected chi connectivity index (χ0v) is 15.4. The van der Waals surface area contributed by atoms with Gasteiger partial charge in [-0.25, -0.2) is 0 Å². The number of aryl methyl sites for hydroxylation is 1. The molecule has 0 aliphatic carbocycles. The van der Waals surface area contributed by atoms with Gasteiger partial charge in [0.2, 0.25) is 5.91 Å². The van der Waals surface area contributed by atoms with Crippen LogP contribution in [-0.4, -0.2) is 25.0 Å². The molecule has 23 heavy (non-hydrogen) atoms.